The highest BCUT2D eigenvalue weighted by atomic mass is 19.1. The summed E-state index contributed by atoms with van der Waals surface area (Å²) in [5, 5.41) is 24.2. The van der Waals surface area contributed by atoms with Crippen molar-refractivity contribution in [3.63, 3.8) is 0 Å². The van der Waals surface area contributed by atoms with Gasteiger partial charge in [0, 0.05) is 43.6 Å². The molecule has 0 atom stereocenters. The van der Waals surface area contributed by atoms with Gasteiger partial charge >= 0.3 is 5.69 Å². The van der Waals surface area contributed by atoms with E-state index in [1.165, 1.54) is 6.07 Å². The standard InChI is InChI=1S/C20H26FN5O3/c1-2-24(14-11-21)16-5-3-15(4-6-16)22-20-18(26(28)29)7-8-19(23-20)25-12-9-17(27)10-13-25/h3-8,17,27H,2,9-14H2,1H3,(H,22,23). The molecule has 156 valence electrons. The Balaban J connectivity index is 1.81. The van der Waals surface area contributed by atoms with E-state index < -0.39 is 11.6 Å². The van der Waals surface area contributed by atoms with Crippen LogP contribution in [0.4, 0.5) is 33.1 Å². The van der Waals surface area contributed by atoms with Gasteiger partial charge in [-0.25, -0.2) is 9.37 Å². The average molecular weight is 403 g/mol. The van der Waals surface area contributed by atoms with Crippen LogP contribution in [0.5, 0.6) is 0 Å². The average Bonchev–Trinajstić information content (AvgIpc) is 2.73. The van der Waals surface area contributed by atoms with Crippen LogP contribution in [0.15, 0.2) is 36.4 Å². The first-order valence-corrected chi connectivity index (χ1v) is 9.78. The van der Waals surface area contributed by atoms with E-state index in [0.29, 0.717) is 50.5 Å². The van der Waals surface area contributed by atoms with Crippen LogP contribution in [0, 0.1) is 10.1 Å². The fourth-order valence-corrected chi connectivity index (χ4v) is 3.42. The van der Waals surface area contributed by atoms with Crippen molar-refractivity contribution < 1.29 is 14.4 Å². The molecule has 0 amide bonds. The van der Waals surface area contributed by atoms with Crippen molar-refractivity contribution in [3.05, 3.63) is 46.5 Å². The zero-order chi connectivity index (χ0) is 20.8. The molecule has 2 N–H and O–H groups in total. The number of halogens is 1. The minimum absolute atomic E-state index is 0.109. The number of aromatic nitrogens is 1. The molecule has 2 aromatic rings. The highest BCUT2D eigenvalue weighted by Gasteiger charge is 2.22. The predicted octanol–water partition coefficient (Wildman–Crippen LogP) is 3.49. The summed E-state index contributed by atoms with van der Waals surface area (Å²) in [5.74, 6) is 0.809. The van der Waals surface area contributed by atoms with Gasteiger partial charge in [-0.05, 0) is 50.1 Å². The van der Waals surface area contributed by atoms with Crippen molar-refractivity contribution in [2.45, 2.75) is 25.9 Å². The Morgan fingerprint density at radius 3 is 2.55 bits per heavy atom. The molecule has 0 bridgehead atoms. The van der Waals surface area contributed by atoms with Crippen LogP contribution in [0.1, 0.15) is 19.8 Å². The van der Waals surface area contributed by atoms with Crippen molar-refractivity contribution in [2.75, 3.05) is 48.0 Å². The molecule has 0 radical (unpaired) electrons. The number of pyridine rings is 1. The van der Waals surface area contributed by atoms with Gasteiger partial charge in [0.25, 0.3) is 0 Å². The van der Waals surface area contributed by atoms with Crippen LogP contribution in [0.3, 0.4) is 0 Å². The van der Waals surface area contributed by atoms with Gasteiger partial charge in [-0.2, -0.15) is 0 Å². The van der Waals surface area contributed by atoms with E-state index in [1.54, 1.807) is 18.2 Å². The number of nitrogens with one attached hydrogen (secondary N) is 1. The molecular formula is C20H26FN5O3. The fraction of sp³-hybridized carbons (Fsp3) is 0.450. The third kappa shape index (κ3) is 5.11. The summed E-state index contributed by atoms with van der Waals surface area (Å²) in [6, 6.07) is 10.4. The molecule has 0 unspecified atom stereocenters. The molecule has 9 heteroatoms. The zero-order valence-corrected chi connectivity index (χ0v) is 16.4. The summed E-state index contributed by atoms with van der Waals surface area (Å²) >= 11 is 0. The van der Waals surface area contributed by atoms with Gasteiger partial charge in [0.15, 0.2) is 0 Å². The van der Waals surface area contributed by atoms with Gasteiger partial charge in [-0.1, -0.05) is 0 Å². The lowest BCUT2D eigenvalue weighted by atomic mass is 10.1. The number of piperidine rings is 1. The molecule has 2 heterocycles. The molecule has 1 aromatic carbocycles. The summed E-state index contributed by atoms with van der Waals surface area (Å²) in [6.07, 6.45) is 0.992. The van der Waals surface area contributed by atoms with E-state index in [4.69, 9.17) is 0 Å². The normalized spacial score (nSPS) is 14.7. The summed E-state index contributed by atoms with van der Waals surface area (Å²) in [6.45, 7) is 3.85. The number of anilines is 4. The lowest BCUT2D eigenvalue weighted by Gasteiger charge is -2.30. The topological polar surface area (TPSA) is 94.8 Å². The first-order valence-electron chi connectivity index (χ1n) is 9.78. The lowest BCUT2D eigenvalue weighted by molar-refractivity contribution is -0.384. The third-order valence-electron chi connectivity index (χ3n) is 5.08. The van der Waals surface area contributed by atoms with E-state index >= 15 is 0 Å². The van der Waals surface area contributed by atoms with Crippen LogP contribution >= 0.6 is 0 Å². The van der Waals surface area contributed by atoms with Gasteiger partial charge in [0.1, 0.15) is 12.5 Å². The Kier molecular flexibility index (Phi) is 6.82. The lowest BCUT2D eigenvalue weighted by Crippen LogP contribution is -2.36. The highest BCUT2D eigenvalue weighted by Crippen LogP contribution is 2.30. The second-order valence-corrected chi connectivity index (χ2v) is 6.95. The Morgan fingerprint density at radius 1 is 1.28 bits per heavy atom. The molecule has 1 saturated heterocycles. The van der Waals surface area contributed by atoms with Crippen LogP contribution in [0.25, 0.3) is 0 Å². The molecule has 1 fully saturated rings. The molecule has 8 nitrogen and oxygen atoms in total. The van der Waals surface area contributed by atoms with Crippen LogP contribution < -0.4 is 15.1 Å². The van der Waals surface area contributed by atoms with Gasteiger partial charge in [-0.15, -0.1) is 0 Å². The van der Waals surface area contributed by atoms with E-state index in [-0.39, 0.29) is 17.6 Å². The van der Waals surface area contributed by atoms with E-state index in [2.05, 4.69) is 10.3 Å². The molecule has 1 aromatic heterocycles. The molecular weight excluding hydrogens is 377 g/mol. The maximum absolute atomic E-state index is 12.7. The molecule has 3 rings (SSSR count). The number of benzene rings is 1. The van der Waals surface area contributed by atoms with E-state index in [1.807, 2.05) is 28.9 Å². The number of rotatable bonds is 8. The van der Waals surface area contributed by atoms with E-state index in [0.717, 1.165) is 5.69 Å². The molecule has 0 saturated carbocycles. The minimum Gasteiger partial charge on any atom is -0.393 e. The van der Waals surface area contributed by atoms with Crippen LogP contribution in [-0.2, 0) is 0 Å². The van der Waals surface area contributed by atoms with Gasteiger partial charge in [-0.3, -0.25) is 10.1 Å². The van der Waals surface area contributed by atoms with Crippen molar-refractivity contribution in [2.24, 2.45) is 0 Å². The van der Waals surface area contributed by atoms with Crippen LogP contribution in [0.2, 0.25) is 0 Å². The Hall–Kier alpha value is -2.94. The molecule has 1 aliphatic heterocycles. The summed E-state index contributed by atoms with van der Waals surface area (Å²) in [7, 11) is 0. The quantitative estimate of drug-likeness (QED) is 0.515. The number of nitrogens with zero attached hydrogens (tertiary/aromatic N) is 4. The molecule has 0 aliphatic carbocycles. The van der Waals surface area contributed by atoms with Crippen molar-refractivity contribution >= 4 is 28.7 Å². The summed E-state index contributed by atoms with van der Waals surface area (Å²) in [5.41, 5.74) is 1.44. The van der Waals surface area contributed by atoms with Crippen molar-refractivity contribution in [1.29, 1.82) is 0 Å². The number of aliphatic hydroxyl groups is 1. The van der Waals surface area contributed by atoms with Crippen molar-refractivity contribution in [3.8, 4) is 0 Å². The minimum atomic E-state index is -0.465. The number of alkyl halides is 1. The maximum atomic E-state index is 12.7. The van der Waals surface area contributed by atoms with Gasteiger partial charge < -0.3 is 20.2 Å². The molecule has 1 aliphatic rings. The maximum Gasteiger partial charge on any atom is 0.311 e. The Morgan fingerprint density at radius 2 is 1.97 bits per heavy atom. The summed E-state index contributed by atoms with van der Waals surface area (Å²) in [4.78, 5) is 19.4. The second kappa shape index (κ2) is 9.51. The van der Waals surface area contributed by atoms with E-state index in [9.17, 15) is 19.6 Å². The largest absolute Gasteiger partial charge is 0.393 e. The summed E-state index contributed by atoms with van der Waals surface area (Å²) < 4.78 is 12.7. The van der Waals surface area contributed by atoms with Crippen LogP contribution in [-0.4, -0.2) is 54.0 Å². The zero-order valence-electron chi connectivity index (χ0n) is 16.4. The SMILES string of the molecule is CCN(CCF)c1ccc(Nc2nc(N3CCC(O)CC3)ccc2[N+](=O)[O-])cc1. The number of hydrogen-bond acceptors (Lipinski definition) is 7. The Labute approximate surface area is 169 Å². The molecule has 0 spiro atoms. The molecule has 29 heavy (non-hydrogen) atoms. The first kappa shape index (κ1) is 20.8. The van der Waals surface area contributed by atoms with Crippen molar-refractivity contribution in [1.82, 2.24) is 4.98 Å². The highest BCUT2D eigenvalue weighted by molar-refractivity contribution is 5.69. The first-order chi connectivity index (χ1) is 14.0. The third-order valence-corrected chi connectivity index (χ3v) is 5.08. The number of aliphatic hydroxyl groups excluding tert-OH is 1. The van der Waals surface area contributed by atoms with Gasteiger partial charge in [0.2, 0.25) is 5.82 Å². The smallest absolute Gasteiger partial charge is 0.311 e. The second-order valence-electron chi connectivity index (χ2n) is 6.95. The monoisotopic (exact) mass is 403 g/mol. The number of nitro groups is 1. The number of hydrogen-bond donors (Lipinski definition) is 2. The fourth-order valence-electron chi connectivity index (χ4n) is 3.42. The van der Waals surface area contributed by atoms with Gasteiger partial charge in [0.05, 0.1) is 11.0 Å². The Bertz CT molecular complexity index is 825. The predicted molar refractivity (Wildman–Crippen MR) is 112 cm³/mol.